The van der Waals surface area contributed by atoms with E-state index in [0.717, 1.165) is 36.3 Å². The molecule has 1 fully saturated rings. The molecule has 6 nitrogen and oxygen atoms in total. The number of aromatic amines is 1. The van der Waals surface area contributed by atoms with Gasteiger partial charge in [-0.15, -0.1) is 11.3 Å². The SMILES string of the molecule is CN1CCCC(c2ncc(S(=O)(=O)Nc3ccc(Cl)c4cc[nH]c34)s2)C1. The number of likely N-dealkylation sites (N-methyl/N-ethyl adjacent to an activating group) is 1. The second-order valence-corrected chi connectivity index (χ2v) is 9.96. The molecule has 0 aliphatic carbocycles. The number of likely N-dealkylation sites (tertiary alicyclic amines) is 1. The zero-order chi connectivity index (χ0) is 18.3. The van der Waals surface area contributed by atoms with Crippen LogP contribution in [0.1, 0.15) is 23.8 Å². The standard InChI is InChI=1S/C17H19ClN4O2S2/c1-22-8-2-3-11(10-22)17-20-9-15(25-17)26(23,24)21-14-5-4-13(18)12-6-7-19-16(12)14/h4-7,9,11,19,21H,2-3,8,10H2,1H3. The highest BCUT2D eigenvalue weighted by atomic mass is 35.5. The van der Waals surface area contributed by atoms with E-state index in [0.29, 0.717) is 22.1 Å². The first-order valence-electron chi connectivity index (χ1n) is 8.37. The van der Waals surface area contributed by atoms with Gasteiger partial charge in [0.1, 0.15) is 0 Å². The Bertz CT molecular complexity index is 1040. The number of anilines is 1. The van der Waals surface area contributed by atoms with Gasteiger partial charge >= 0.3 is 0 Å². The predicted molar refractivity (Wildman–Crippen MR) is 106 cm³/mol. The van der Waals surface area contributed by atoms with Gasteiger partial charge in [0.25, 0.3) is 10.0 Å². The number of benzene rings is 1. The zero-order valence-electron chi connectivity index (χ0n) is 14.2. The summed E-state index contributed by atoms with van der Waals surface area (Å²) >= 11 is 7.40. The molecular formula is C17H19ClN4O2S2. The van der Waals surface area contributed by atoms with Crippen molar-refractivity contribution in [3.8, 4) is 0 Å². The quantitative estimate of drug-likeness (QED) is 0.684. The van der Waals surface area contributed by atoms with E-state index in [4.69, 9.17) is 11.6 Å². The molecule has 4 rings (SSSR count). The number of nitrogens with one attached hydrogen (secondary N) is 2. The van der Waals surface area contributed by atoms with Crippen molar-refractivity contribution in [3.63, 3.8) is 0 Å². The van der Waals surface area contributed by atoms with Crippen molar-refractivity contribution in [2.75, 3.05) is 24.9 Å². The molecule has 1 aliphatic heterocycles. The average Bonchev–Trinajstić information content (AvgIpc) is 3.27. The van der Waals surface area contributed by atoms with Gasteiger partial charge in [-0.3, -0.25) is 4.72 Å². The van der Waals surface area contributed by atoms with Crippen molar-refractivity contribution in [2.45, 2.75) is 23.0 Å². The third-order valence-electron chi connectivity index (χ3n) is 4.66. The first-order valence-corrected chi connectivity index (χ1v) is 11.0. The lowest BCUT2D eigenvalue weighted by Crippen LogP contribution is -2.30. The fourth-order valence-electron chi connectivity index (χ4n) is 3.35. The molecule has 1 unspecified atom stereocenters. The van der Waals surface area contributed by atoms with Crippen LogP contribution in [0.4, 0.5) is 5.69 Å². The number of fused-ring (bicyclic) bond motifs is 1. The summed E-state index contributed by atoms with van der Waals surface area (Å²) in [4.78, 5) is 9.69. The van der Waals surface area contributed by atoms with Gasteiger partial charge in [-0.05, 0) is 44.6 Å². The number of H-pyrrole nitrogens is 1. The van der Waals surface area contributed by atoms with E-state index in [9.17, 15) is 8.42 Å². The number of hydrogen-bond donors (Lipinski definition) is 2. The molecule has 2 N–H and O–H groups in total. The van der Waals surface area contributed by atoms with Gasteiger partial charge < -0.3 is 9.88 Å². The van der Waals surface area contributed by atoms with Crippen LogP contribution in [0, 0.1) is 0 Å². The minimum Gasteiger partial charge on any atom is -0.359 e. The summed E-state index contributed by atoms with van der Waals surface area (Å²) in [5, 5.41) is 2.24. The normalized spacial score (nSPS) is 19.1. The molecule has 2 aromatic heterocycles. The molecule has 1 saturated heterocycles. The lowest BCUT2D eigenvalue weighted by atomic mass is 9.99. The molecule has 1 aromatic carbocycles. The van der Waals surface area contributed by atoms with E-state index in [1.807, 2.05) is 6.07 Å². The molecule has 0 bridgehead atoms. The number of sulfonamides is 1. The molecule has 1 atom stereocenters. The summed E-state index contributed by atoms with van der Waals surface area (Å²) < 4.78 is 28.5. The molecule has 3 aromatic rings. The number of rotatable bonds is 4. The highest BCUT2D eigenvalue weighted by Crippen LogP contribution is 2.34. The van der Waals surface area contributed by atoms with Gasteiger partial charge in [0, 0.05) is 24.0 Å². The fourth-order valence-corrected chi connectivity index (χ4v) is 5.92. The van der Waals surface area contributed by atoms with E-state index >= 15 is 0 Å². The monoisotopic (exact) mass is 410 g/mol. The van der Waals surface area contributed by atoms with Gasteiger partial charge in [0.05, 0.1) is 27.4 Å². The number of piperidine rings is 1. The molecule has 0 amide bonds. The Hall–Kier alpha value is -1.61. The molecule has 0 spiro atoms. The molecule has 26 heavy (non-hydrogen) atoms. The number of hydrogen-bond acceptors (Lipinski definition) is 5. The van der Waals surface area contributed by atoms with Crippen molar-refractivity contribution in [1.82, 2.24) is 14.9 Å². The summed E-state index contributed by atoms with van der Waals surface area (Å²) in [5.74, 6) is 0.299. The first kappa shape index (κ1) is 17.8. The number of nitrogens with zero attached hydrogens (tertiary/aromatic N) is 2. The number of thiazole rings is 1. The lowest BCUT2D eigenvalue weighted by Gasteiger charge is -2.28. The largest absolute Gasteiger partial charge is 0.359 e. The highest BCUT2D eigenvalue weighted by molar-refractivity contribution is 7.94. The molecular weight excluding hydrogens is 392 g/mol. The third kappa shape index (κ3) is 3.34. The molecule has 9 heteroatoms. The van der Waals surface area contributed by atoms with E-state index in [1.165, 1.54) is 17.5 Å². The van der Waals surface area contributed by atoms with Crippen molar-refractivity contribution >= 4 is 49.6 Å². The Balaban J connectivity index is 1.61. The average molecular weight is 411 g/mol. The summed E-state index contributed by atoms with van der Waals surface area (Å²) in [7, 11) is -1.61. The Morgan fingerprint density at radius 2 is 2.23 bits per heavy atom. The minimum atomic E-state index is -3.70. The lowest BCUT2D eigenvalue weighted by molar-refractivity contribution is 0.250. The smallest absolute Gasteiger partial charge is 0.273 e. The van der Waals surface area contributed by atoms with E-state index in [-0.39, 0.29) is 4.21 Å². The van der Waals surface area contributed by atoms with Crippen molar-refractivity contribution < 1.29 is 8.42 Å². The first-order chi connectivity index (χ1) is 12.4. The van der Waals surface area contributed by atoms with Crippen LogP contribution >= 0.6 is 22.9 Å². The molecule has 1 aliphatic rings. The second-order valence-electron chi connectivity index (χ2n) is 6.59. The predicted octanol–water partition coefficient (Wildman–Crippen LogP) is 3.89. The Morgan fingerprint density at radius 3 is 3.04 bits per heavy atom. The number of halogens is 1. The Morgan fingerprint density at radius 1 is 1.38 bits per heavy atom. The topological polar surface area (TPSA) is 78.1 Å². The van der Waals surface area contributed by atoms with Crippen LogP contribution in [0.3, 0.4) is 0 Å². The molecule has 3 heterocycles. The van der Waals surface area contributed by atoms with Crippen molar-refractivity contribution in [3.05, 3.63) is 40.6 Å². The van der Waals surface area contributed by atoms with E-state index < -0.39 is 10.0 Å². The summed E-state index contributed by atoms with van der Waals surface area (Å²) in [6.07, 6.45) is 5.35. The maximum atomic E-state index is 12.8. The summed E-state index contributed by atoms with van der Waals surface area (Å²) in [6.45, 7) is 2.00. The van der Waals surface area contributed by atoms with Gasteiger partial charge in [-0.25, -0.2) is 13.4 Å². The molecule has 138 valence electrons. The van der Waals surface area contributed by atoms with Crippen LogP contribution in [-0.2, 0) is 10.0 Å². The van der Waals surface area contributed by atoms with E-state index in [2.05, 4.69) is 26.6 Å². The summed E-state index contributed by atoms with van der Waals surface area (Å²) in [6, 6.07) is 5.17. The van der Waals surface area contributed by atoms with Crippen LogP contribution in [0.5, 0.6) is 0 Å². The summed E-state index contributed by atoms with van der Waals surface area (Å²) in [5.41, 5.74) is 1.14. The number of aromatic nitrogens is 2. The maximum absolute atomic E-state index is 12.8. The maximum Gasteiger partial charge on any atom is 0.273 e. The molecule has 0 radical (unpaired) electrons. The third-order valence-corrected chi connectivity index (χ3v) is 7.97. The van der Waals surface area contributed by atoms with Gasteiger partial charge in [-0.2, -0.15) is 0 Å². The fraction of sp³-hybridized carbons (Fsp3) is 0.353. The molecule has 0 saturated carbocycles. The van der Waals surface area contributed by atoms with Crippen molar-refractivity contribution in [1.29, 1.82) is 0 Å². The van der Waals surface area contributed by atoms with Crippen LogP contribution < -0.4 is 4.72 Å². The highest BCUT2D eigenvalue weighted by Gasteiger charge is 2.25. The minimum absolute atomic E-state index is 0.232. The van der Waals surface area contributed by atoms with Crippen LogP contribution in [0.2, 0.25) is 5.02 Å². The van der Waals surface area contributed by atoms with Gasteiger partial charge in [-0.1, -0.05) is 11.6 Å². The van der Waals surface area contributed by atoms with Crippen LogP contribution in [0.25, 0.3) is 10.9 Å². The van der Waals surface area contributed by atoms with Crippen LogP contribution in [0.15, 0.2) is 34.8 Å². The van der Waals surface area contributed by atoms with E-state index in [1.54, 1.807) is 18.3 Å². The Kier molecular flexibility index (Phi) is 4.68. The zero-order valence-corrected chi connectivity index (χ0v) is 16.6. The van der Waals surface area contributed by atoms with Gasteiger partial charge in [0.2, 0.25) is 0 Å². The second kappa shape index (κ2) is 6.84. The Labute approximate surface area is 161 Å². The van der Waals surface area contributed by atoms with Crippen molar-refractivity contribution in [2.24, 2.45) is 0 Å². The van der Waals surface area contributed by atoms with Gasteiger partial charge in [0.15, 0.2) is 4.21 Å². The van der Waals surface area contributed by atoms with Crippen LogP contribution in [-0.4, -0.2) is 43.4 Å².